The lowest BCUT2D eigenvalue weighted by atomic mass is 10.1. The number of carboxylic acids is 1. The van der Waals surface area contributed by atoms with Gasteiger partial charge in [-0.05, 0) is 43.9 Å². The van der Waals surface area contributed by atoms with Gasteiger partial charge in [-0.15, -0.1) is 0 Å². The molecule has 0 aliphatic heterocycles. The third-order valence-electron chi connectivity index (χ3n) is 3.21. The number of rotatable bonds is 3. The summed E-state index contributed by atoms with van der Waals surface area (Å²) in [6, 6.07) is -0.690. The van der Waals surface area contributed by atoms with Crippen molar-refractivity contribution in [2.45, 2.75) is 52.0 Å². The normalized spacial score (nSPS) is 23.8. The molecule has 92 valence electrons. The molecule has 0 aromatic carbocycles. The highest BCUT2D eigenvalue weighted by Gasteiger charge is 2.22. The van der Waals surface area contributed by atoms with Crippen LogP contribution in [0.1, 0.15) is 46.0 Å². The first-order valence-corrected chi connectivity index (χ1v) is 6.15. The van der Waals surface area contributed by atoms with Gasteiger partial charge in [0.2, 0.25) is 0 Å². The molecule has 2 rings (SSSR count). The molecule has 3 nitrogen and oxygen atoms in total. The highest BCUT2D eigenvalue weighted by atomic mass is 16.4. The van der Waals surface area contributed by atoms with Crippen molar-refractivity contribution in [3.8, 4) is 0 Å². The molecule has 0 amide bonds. The second kappa shape index (κ2) is 6.04. The second-order valence-corrected chi connectivity index (χ2v) is 5.28. The van der Waals surface area contributed by atoms with E-state index in [2.05, 4.69) is 6.08 Å². The van der Waals surface area contributed by atoms with Gasteiger partial charge in [0.1, 0.15) is 6.04 Å². The molecule has 2 unspecified atom stereocenters. The largest absolute Gasteiger partial charge is 0.480 e. The lowest BCUT2D eigenvalue weighted by Crippen LogP contribution is -2.31. The van der Waals surface area contributed by atoms with Crippen LogP contribution in [0.25, 0.3) is 0 Å². The monoisotopic (exact) mass is 225 g/mol. The molecule has 0 aromatic heterocycles. The Labute approximate surface area is 97.7 Å². The number of hydrogen-bond donors (Lipinski definition) is 2. The van der Waals surface area contributed by atoms with E-state index in [0.717, 1.165) is 5.92 Å². The molecule has 0 spiro atoms. The first-order valence-electron chi connectivity index (χ1n) is 6.15. The highest BCUT2D eigenvalue weighted by Crippen LogP contribution is 2.38. The number of hydrogen-bond acceptors (Lipinski definition) is 2. The zero-order valence-corrected chi connectivity index (χ0v) is 10.3. The molecule has 2 bridgehead atoms. The van der Waals surface area contributed by atoms with Gasteiger partial charge in [0.15, 0.2) is 0 Å². The van der Waals surface area contributed by atoms with E-state index in [0.29, 0.717) is 12.3 Å². The van der Waals surface area contributed by atoms with Crippen LogP contribution in [-0.4, -0.2) is 17.1 Å². The average Bonchev–Trinajstić information content (AvgIpc) is 2.80. The SMILES string of the molecule is C1=C2CCC(C1)C2.CC(C)CC(N)C(=O)O. The Bertz CT molecular complexity index is 271. The summed E-state index contributed by atoms with van der Waals surface area (Å²) in [7, 11) is 0. The van der Waals surface area contributed by atoms with Crippen LogP contribution < -0.4 is 5.73 Å². The van der Waals surface area contributed by atoms with Crippen molar-refractivity contribution >= 4 is 5.97 Å². The topological polar surface area (TPSA) is 63.3 Å². The summed E-state index contributed by atoms with van der Waals surface area (Å²) in [6.07, 6.45) is 8.73. The molecule has 1 saturated carbocycles. The lowest BCUT2D eigenvalue weighted by molar-refractivity contribution is -0.138. The Morgan fingerprint density at radius 2 is 2.31 bits per heavy atom. The Kier molecular flexibility index (Phi) is 5.00. The fourth-order valence-corrected chi connectivity index (χ4v) is 2.29. The van der Waals surface area contributed by atoms with Gasteiger partial charge in [0.05, 0.1) is 0 Å². The van der Waals surface area contributed by atoms with Crippen molar-refractivity contribution in [1.29, 1.82) is 0 Å². The molecule has 3 N–H and O–H groups in total. The molecule has 0 heterocycles. The predicted octanol–water partition coefficient (Wildman–Crippen LogP) is 2.56. The quantitative estimate of drug-likeness (QED) is 0.725. The molecular weight excluding hydrogens is 202 g/mol. The van der Waals surface area contributed by atoms with Gasteiger partial charge in [-0.3, -0.25) is 4.79 Å². The van der Waals surface area contributed by atoms with Gasteiger partial charge < -0.3 is 10.8 Å². The fourth-order valence-electron chi connectivity index (χ4n) is 2.29. The fraction of sp³-hybridized carbons (Fsp3) is 0.769. The summed E-state index contributed by atoms with van der Waals surface area (Å²) in [5, 5.41) is 8.31. The molecule has 1 fully saturated rings. The van der Waals surface area contributed by atoms with Crippen LogP contribution >= 0.6 is 0 Å². The van der Waals surface area contributed by atoms with Gasteiger partial charge >= 0.3 is 5.97 Å². The van der Waals surface area contributed by atoms with Crippen LogP contribution in [0.3, 0.4) is 0 Å². The van der Waals surface area contributed by atoms with Gasteiger partial charge in [-0.2, -0.15) is 0 Å². The van der Waals surface area contributed by atoms with Gasteiger partial charge in [-0.25, -0.2) is 0 Å². The highest BCUT2D eigenvalue weighted by molar-refractivity contribution is 5.72. The zero-order chi connectivity index (χ0) is 12.1. The predicted molar refractivity (Wildman–Crippen MR) is 65.1 cm³/mol. The van der Waals surface area contributed by atoms with Crippen LogP contribution in [0.5, 0.6) is 0 Å². The van der Waals surface area contributed by atoms with E-state index < -0.39 is 12.0 Å². The first kappa shape index (κ1) is 13.2. The van der Waals surface area contributed by atoms with Crippen molar-refractivity contribution in [1.82, 2.24) is 0 Å². The van der Waals surface area contributed by atoms with Crippen molar-refractivity contribution in [2.75, 3.05) is 0 Å². The number of carbonyl (C=O) groups is 1. The Morgan fingerprint density at radius 1 is 1.62 bits per heavy atom. The Hall–Kier alpha value is -0.830. The van der Waals surface area contributed by atoms with Crippen LogP contribution in [-0.2, 0) is 4.79 Å². The smallest absolute Gasteiger partial charge is 0.320 e. The molecule has 2 aliphatic rings. The van der Waals surface area contributed by atoms with Gasteiger partial charge in [-0.1, -0.05) is 25.5 Å². The van der Waals surface area contributed by atoms with Crippen LogP contribution in [0.2, 0.25) is 0 Å². The number of allylic oxidation sites excluding steroid dienone is 2. The maximum atomic E-state index is 10.1. The summed E-state index contributed by atoms with van der Waals surface area (Å²) < 4.78 is 0. The summed E-state index contributed by atoms with van der Waals surface area (Å²) in [4.78, 5) is 10.1. The molecular formula is C13H23NO2. The van der Waals surface area contributed by atoms with E-state index in [9.17, 15) is 4.79 Å². The van der Waals surface area contributed by atoms with Crippen molar-refractivity contribution < 1.29 is 9.90 Å². The van der Waals surface area contributed by atoms with E-state index in [1.54, 1.807) is 5.57 Å². The van der Waals surface area contributed by atoms with E-state index in [1.165, 1.54) is 25.7 Å². The van der Waals surface area contributed by atoms with E-state index in [-0.39, 0.29) is 0 Å². The van der Waals surface area contributed by atoms with E-state index in [1.807, 2.05) is 13.8 Å². The molecule has 0 aromatic rings. The molecule has 3 heteroatoms. The van der Waals surface area contributed by atoms with E-state index >= 15 is 0 Å². The first-order chi connectivity index (χ1) is 7.49. The second-order valence-electron chi connectivity index (χ2n) is 5.28. The van der Waals surface area contributed by atoms with Gasteiger partial charge in [0.25, 0.3) is 0 Å². The molecule has 2 atom stereocenters. The number of fused-ring (bicyclic) bond motifs is 2. The van der Waals surface area contributed by atoms with Crippen molar-refractivity contribution in [3.05, 3.63) is 11.6 Å². The van der Waals surface area contributed by atoms with Crippen LogP contribution in [0.15, 0.2) is 11.6 Å². The minimum atomic E-state index is -0.913. The lowest BCUT2D eigenvalue weighted by Gasteiger charge is -2.07. The summed E-state index contributed by atoms with van der Waals surface area (Å²) in [6.45, 7) is 3.89. The number of aliphatic carboxylic acids is 1. The maximum Gasteiger partial charge on any atom is 0.320 e. The van der Waals surface area contributed by atoms with Gasteiger partial charge in [0, 0.05) is 0 Å². The standard InChI is InChI=1S/C7H10.C6H13NO2/c1-2-7-4-3-6(1)5-7;1-4(2)3-5(7)6(8)9/h1,7H,2-5H2;4-5H,3,7H2,1-2H3,(H,8,9). The van der Waals surface area contributed by atoms with Crippen LogP contribution in [0.4, 0.5) is 0 Å². The Balaban J connectivity index is 0.000000163. The summed E-state index contributed by atoms with van der Waals surface area (Å²) in [5.74, 6) is 0.523. The molecule has 0 saturated heterocycles. The van der Waals surface area contributed by atoms with Crippen LogP contribution in [0, 0.1) is 11.8 Å². The number of nitrogens with two attached hydrogens (primary N) is 1. The average molecular weight is 225 g/mol. The number of carboxylic acid groups (broad SMARTS) is 1. The molecule has 0 radical (unpaired) electrons. The Morgan fingerprint density at radius 3 is 2.44 bits per heavy atom. The van der Waals surface area contributed by atoms with E-state index in [4.69, 9.17) is 10.8 Å². The summed E-state index contributed by atoms with van der Waals surface area (Å²) >= 11 is 0. The minimum Gasteiger partial charge on any atom is -0.480 e. The molecule has 2 aliphatic carbocycles. The third-order valence-corrected chi connectivity index (χ3v) is 3.21. The third kappa shape index (κ3) is 4.35. The summed E-state index contributed by atoms with van der Waals surface area (Å²) in [5.41, 5.74) is 6.96. The van der Waals surface area contributed by atoms with Crippen molar-refractivity contribution in [2.24, 2.45) is 17.6 Å². The minimum absolute atomic E-state index is 0.357. The molecule has 16 heavy (non-hydrogen) atoms. The zero-order valence-electron chi connectivity index (χ0n) is 10.3. The maximum absolute atomic E-state index is 10.1. The van der Waals surface area contributed by atoms with Crippen molar-refractivity contribution in [3.63, 3.8) is 0 Å².